The maximum Gasteiger partial charge on any atom is 0.137 e. The number of anilines is 3. The van der Waals surface area contributed by atoms with Crippen LogP contribution in [0.5, 0.6) is 0 Å². The van der Waals surface area contributed by atoms with Gasteiger partial charge < -0.3 is 13.9 Å². The molecule has 51 heavy (non-hydrogen) atoms. The van der Waals surface area contributed by atoms with Crippen LogP contribution in [0.15, 0.2) is 186 Å². The Kier molecular flexibility index (Phi) is 5.96. The molecular formula is C48H30N2O. The molecule has 3 heteroatoms. The number of rotatable bonds is 4. The molecule has 9 aromatic carbocycles. The molecule has 0 aliphatic carbocycles. The van der Waals surface area contributed by atoms with E-state index in [2.05, 4.69) is 185 Å². The molecule has 2 heterocycles. The Bertz CT molecular complexity index is 3150. The minimum atomic E-state index is 0.867. The SMILES string of the molecule is c1ccc(-n2c3ccccc3c3cccc(N(c4ccc5ccc6ccc7ccccc7c6c5c4)c4cccc5oc6ccccc6c45)c32)cc1. The first-order chi connectivity index (χ1) is 25.3. The van der Waals surface area contributed by atoms with Crippen LogP contribution in [0.2, 0.25) is 0 Å². The molecule has 0 unspecified atom stereocenters. The lowest BCUT2D eigenvalue weighted by Crippen LogP contribution is -2.12. The van der Waals surface area contributed by atoms with Crippen molar-refractivity contribution in [3.63, 3.8) is 0 Å². The summed E-state index contributed by atoms with van der Waals surface area (Å²) in [4.78, 5) is 2.45. The Morgan fingerprint density at radius 1 is 0.392 bits per heavy atom. The predicted octanol–water partition coefficient (Wildman–Crippen LogP) is 13.6. The van der Waals surface area contributed by atoms with E-state index >= 15 is 0 Å². The summed E-state index contributed by atoms with van der Waals surface area (Å²) in [6.45, 7) is 0. The highest BCUT2D eigenvalue weighted by atomic mass is 16.3. The Labute approximate surface area is 293 Å². The third-order valence-corrected chi connectivity index (χ3v) is 10.5. The van der Waals surface area contributed by atoms with Gasteiger partial charge in [0.1, 0.15) is 11.2 Å². The molecular weight excluding hydrogens is 621 g/mol. The molecule has 0 spiro atoms. The third-order valence-electron chi connectivity index (χ3n) is 10.5. The minimum absolute atomic E-state index is 0.867. The summed E-state index contributed by atoms with van der Waals surface area (Å²) >= 11 is 0. The second kappa shape index (κ2) is 10.8. The molecule has 0 aliphatic heterocycles. The van der Waals surface area contributed by atoms with Gasteiger partial charge in [-0.05, 0) is 86.9 Å². The van der Waals surface area contributed by atoms with Crippen molar-refractivity contribution < 1.29 is 4.42 Å². The lowest BCUT2D eigenvalue weighted by atomic mass is 9.96. The molecule has 0 saturated heterocycles. The van der Waals surface area contributed by atoms with E-state index in [9.17, 15) is 0 Å². The monoisotopic (exact) mass is 650 g/mol. The molecule has 0 aliphatic rings. The van der Waals surface area contributed by atoms with Crippen molar-refractivity contribution in [2.45, 2.75) is 0 Å². The molecule has 238 valence electrons. The first kappa shape index (κ1) is 28.0. The second-order valence-electron chi connectivity index (χ2n) is 13.3. The van der Waals surface area contributed by atoms with Crippen LogP contribution >= 0.6 is 0 Å². The van der Waals surface area contributed by atoms with Gasteiger partial charge in [0.15, 0.2) is 0 Å². The van der Waals surface area contributed by atoms with Crippen molar-refractivity contribution >= 4 is 93.1 Å². The number of hydrogen-bond acceptors (Lipinski definition) is 2. The first-order valence-electron chi connectivity index (χ1n) is 17.4. The van der Waals surface area contributed by atoms with E-state index in [1.165, 1.54) is 48.6 Å². The molecule has 0 fully saturated rings. The molecule has 3 nitrogen and oxygen atoms in total. The number of hydrogen-bond donors (Lipinski definition) is 0. The summed E-state index contributed by atoms with van der Waals surface area (Å²) in [5.74, 6) is 0. The average Bonchev–Trinajstić information content (AvgIpc) is 3.75. The van der Waals surface area contributed by atoms with Crippen LogP contribution in [-0.2, 0) is 0 Å². The van der Waals surface area contributed by atoms with Gasteiger partial charge in [0.05, 0.1) is 27.8 Å². The number of aromatic nitrogens is 1. The first-order valence-corrected chi connectivity index (χ1v) is 17.4. The number of fused-ring (bicyclic) bond motifs is 11. The quantitative estimate of drug-likeness (QED) is 0.177. The van der Waals surface area contributed by atoms with E-state index in [0.717, 1.165) is 50.2 Å². The largest absolute Gasteiger partial charge is 0.456 e. The van der Waals surface area contributed by atoms with Gasteiger partial charge in [0.2, 0.25) is 0 Å². The lowest BCUT2D eigenvalue weighted by molar-refractivity contribution is 0.669. The fourth-order valence-electron chi connectivity index (χ4n) is 8.33. The molecule has 0 radical (unpaired) electrons. The highest BCUT2D eigenvalue weighted by Gasteiger charge is 2.24. The van der Waals surface area contributed by atoms with E-state index in [1.54, 1.807) is 0 Å². The maximum atomic E-state index is 6.49. The standard InChI is InChI=1S/C48H30N2O/c1-2-13-34(14-3-1)50-41-19-8-6-16-37(41)38-18-10-21-43(48(38)50)49(42-20-11-23-45-47(42)39-17-7-9-22-44(39)51-45)35-29-28-32-25-27-33-26-24-31-12-4-5-15-36(31)46(33)40(32)30-35/h1-30H. The number of para-hydroxylation sites is 4. The van der Waals surface area contributed by atoms with Gasteiger partial charge in [0.25, 0.3) is 0 Å². The van der Waals surface area contributed by atoms with Gasteiger partial charge in [-0.3, -0.25) is 0 Å². The Hall–Kier alpha value is -6.84. The molecule has 0 bridgehead atoms. The summed E-state index contributed by atoms with van der Waals surface area (Å²) in [7, 11) is 0. The van der Waals surface area contributed by atoms with Crippen molar-refractivity contribution in [1.29, 1.82) is 0 Å². The van der Waals surface area contributed by atoms with E-state index < -0.39 is 0 Å². The summed E-state index contributed by atoms with van der Waals surface area (Å²) < 4.78 is 8.91. The van der Waals surface area contributed by atoms with Crippen LogP contribution in [0.3, 0.4) is 0 Å². The number of furan rings is 1. The van der Waals surface area contributed by atoms with E-state index in [4.69, 9.17) is 4.42 Å². The summed E-state index contributed by atoms with van der Waals surface area (Å²) in [6.07, 6.45) is 0. The number of nitrogens with zero attached hydrogens (tertiary/aromatic N) is 2. The van der Waals surface area contributed by atoms with E-state index in [0.29, 0.717) is 0 Å². The van der Waals surface area contributed by atoms with Crippen LogP contribution < -0.4 is 4.90 Å². The van der Waals surface area contributed by atoms with Crippen LogP contribution in [-0.4, -0.2) is 4.57 Å². The summed E-state index contributed by atoms with van der Waals surface area (Å²) in [5, 5.41) is 12.1. The molecule has 0 atom stereocenters. The maximum absolute atomic E-state index is 6.49. The Morgan fingerprint density at radius 3 is 1.90 bits per heavy atom. The van der Waals surface area contributed by atoms with Crippen molar-refractivity contribution in [3.8, 4) is 5.69 Å². The van der Waals surface area contributed by atoms with E-state index in [-0.39, 0.29) is 0 Å². The van der Waals surface area contributed by atoms with Crippen molar-refractivity contribution in [2.24, 2.45) is 0 Å². The van der Waals surface area contributed by atoms with Crippen LogP contribution in [0, 0.1) is 0 Å². The highest BCUT2D eigenvalue weighted by molar-refractivity contribution is 6.22. The highest BCUT2D eigenvalue weighted by Crippen LogP contribution is 2.48. The topological polar surface area (TPSA) is 21.3 Å². The van der Waals surface area contributed by atoms with Crippen LogP contribution in [0.1, 0.15) is 0 Å². The zero-order valence-corrected chi connectivity index (χ0v) is 27.6. The van der Waals surface area contributed by atoms with Gasteiger partial charge in [-0.15, -0.1) is 0 Å². The molecule has 11 aromatic rings. The van der Waals surface area contributed by atoms with Gasteiger partial charge in [-0.2, -0.15) is 0 Å². The third kappa shape index (κ3) is 4.12. The summed E-state index contributed by atoms with van der Waals surface area (Å²) in [5.41, 5.74) is 8.44. The average molecular weight is 651 g/mol. The normalized spacial score (nSPS) is 11.9. The minimum Gasteiger partial charge on any atom is -0.456 e. The lowest BCUT2D eigenvalue weighted by Gasteiger charge is -2.28. The second-order valence-corrected chi connectivity index (χ2v) is 13.3. The molecule has 0 N–H and O–H groups in total. The van der Waals surface area contributed by atoms with Crippen LogP contribution in [0.25, 0.3) is 81.7 Å². The zero-order valence-electron chi connectivity index (χ0n) is 27.6. The fraction of sp³-hybridized carbons (Fsp3) is 0. The van der Waals surface area contributed by atoms with E-state index in [1.807, 2.05) is 6.07 Å². The molecule has 0 amide bonds. The fourth-order valence-corrected chi connectivity index (χ4v) is 8.33. The predicted molar refractivity (Wildman–Crippen MR) is 215 cm³/mol. The molecule has 0 saturated carbocycles. The Morgan fingerprint density at radius 2 is 1.02 bits per heavy atom. The van der Waals surface area contributed by atoms with Gasteiger partial charge in [-0.25, -0.2) is 0 Å². The van der Waals surface area contributed by atoms with Crippen LogP contribution in [0.4, 0.5) is 17.1 Å². The number of benzene rings is 9. The van der Waals surface area contributed by atoms with Gasteiger partial charge in [0, 0.05) is 27.5 Å². The van der Waals surface area contributed by atoms with Gasteiger partial charge in [-0.1, -0.05) is 127 Å². The van der Waals surface area contributed by atoms with Crippen molar-refractivity contribution in [2.75, 3.05) is 4.90 Å². The summed E-state index contributed by atoms with van der Waals surface area (Å²) in [6, 6.07) is 65.6. The smallest absolute Gasteiger partial charge is 0.137 e. The van der Waals surface area contributed by atoms with Gasteiger partial charge >= 0.3 is 0 Å². The zero-order chi connectivity index (χ0) is 33.5. The van der Waals surface area contributed by atoms with Crippen molar-refractivity contribution in [3.05, 3.63) is 182 Å². The van der Waals surface area contributed by atoms with Crippen molar-refractivity contribution in [1.82, 2.24) is 4.57 Å². The Balaban J connectivity index is 1.30. The molecule has 2 aromatic heterocycles. The molecule has 11 rings (SSSR count).